The number of ether oxygens (including phenoxy) is 1. The second-order valence-corrected chi connectivity index (χ2v) is 10.3. The quantitative estimate of drug-likeness (QED) is 0.419. The van der Waals surface area contributed by atoms with Gasteiger partial charge in [-0.2, -0.15) is 0 Å². The van der Waals surface area contributed by atoms with Gasteiger partial charge in [-0.25, -0.2) is 9.07 Å². The van der Waals surface area contributed by atoms with Crippen LogP contribution >= 0.6 is 0 Å². The maximum Gasteiger partial charge on any atom is 0.253 e. The van der Waals surface area contributed by atoms with Gasteiger partial charge in [0.1, 0.15) is 11.9 Å². The van der Waals surface area contributed by atoms with Crippen molar-refractivity contribution in [2.75, 3.05) is 37.7 Å². The van der Waals surface area contributed by atoms with Crippen molar-refractivity contribution in [3.05, 3.63) is 81.2 Å². The lowest BCUT2D eigenvalue weighted by atomic mass is 10.00. The molecule has 6 rings (SSSR count). The minimum atomic E-state index is -0.420. The van der Waals surface area contributed by atoms with Gasteiger partial charge in [-0.05, 0) is 96.1 Å². The van der Waals surface area contributed by atoms with E-state index in [2.05, 4.69) is 43.3 Å². The number of nitrogens with zero attached hydrogens (tertiary/aromatic N) is 6. The molecule has 0 unspecified atom stereocenters. The summed E-state index contributed by atoms with van der Waals surface area (Å²) in [4.78, 5) is 21.2. The van der Waals surface area contributed by atoms with E-state index in [-0.39, 0.29) is 17.5 Å². The number of hydrogen-bond donors (Lipinski definition) is 1. The van der Waals surface area contributed by atoms with Gasteiger partial charge in [0.2, 0.25) is 0 Å². The number of halogens is 1. The molecule has 2 atom stereocenters. The number of H-pyrrole nitrogens is 1. The van der Waals surface area contributed by atoms with Crippen molar-refractivity contribution in [1.82, 2.24) is 30.1 Å². The van der Waals surface area contributed by atoms with Crippen LogP contribution in [-0.2, 0) is 11.3 Å². The van der Waals surface area contributed by atoms with E-state index in [1.165, 1.54) is 17.7 Å². The number of hydrogen-bond acceptors (Lipinski definition) is 7. The lowest BCUT2D eigenvalue weighted by molar-refractivity contribution is 0.0906. The molecule has 0 aliphatic carbocycles. The minimum absolute atomic E-state index is 0.0636. The maximum absolute atomic E-state index is 13.6. The second-order valence-electron chi connectivity index (χ2n) is 10.3. The third kappa shape index (κ3) is 4.81. The van der Waals surface area contributed by atoms with E-state index in [0.717, 1.165) is 54.7 Å². The van der Waals surface area contributed by atoms with Crippen LogP contribution in [0.25, 0.3) is 10.9 Å². The fraction of sp³-hybridized carbons (Fsp3) is 0.429. The lowest BCUT2D eigenvalue weighted by Gasteiger charge is -2.39. The van der Waals surface area contributed by atoms with Crippen LogP contribution in [0.1, 0.15) is 41.4 Å². The van der Waals surface area contributed by atoms with Gasteiger partial charge in [0.05, 0.1) is 12.6 Å². The molecule has 2 saturated heterocycles. The van der Waals surface area contributed by atoms with Crippen molar-refractivity contribution in [3.8, 4) is 0 Å². The fourth-order valence-electron chi connectivity index (χ4n) is 5.60. The highest BCUT2D eigenvalue weighted by atomic mass is 19.1. The Hall–Kier alpha value is -3.63. The molecule has 4 heterocycles. The number of benzene rings is 2. The minimum Gasteiger partial charge on any atom is -0.376 e. The lowest BCUT2D eigenvalue weighted by Crippen LogP contribution is -2.49. The van der Waals surface area contributed by atoms with Gasteiger partial charge in [0, 0.05) is 49.6 Å². The second kappa shape index (κ2) is 10.3. The van der Waals surface area contributed by atoms with Crippen molar-refractivity contribution in [2.24, 2.45) is 0 Å². The first-order valence-corrected chi connectivity index (χ1v) is 13.2. The molecule has 38 heavy (non-hydrogen) atoms. The number of aromatic nitrogens is 5. The van der Waals surface area contributed by atoms with E-state index in [1.807, 2.05) is 31.2 Å². The number of aromatic amines is 1. The summed E-state index contributed by atoms with van der Waals surface area (Å²) < 4.78 is 21.1. The number of aryl methyl sites for hydroxylation is 2. The van der Waals surface area contributed by atoms with Gasteiger partial charge in [0.25, 0.3) is 5.56 Å². The predicted molar refractivity (Wildman–Crippen MR) is 143 cm³/mol. The molecular formula is C28H32FN7O2. The molecule has 2 aromatic heterocycles. The molecule has 198 valence electrons. The molecule has 9 nitrogen and oxygen atoms in total. The highest BCUT2D eigenvalue weighted by Crippen LogP contribution is 2.30. The zero-order chi connectivity index (χ0) is 26.2. The fourth-order valence-corrected chi connectivity index (χ4v) is 5.60. The van der Waals surface area contributed by atoms with E-state index in [9.17, 15) is 9.18 Å². The molecule has 1 N–H and O–H groups in total. The SMILES string of the molecule is Cc1cc2cc([C@@H](c3nnnn3C[C@H]3CCCO3)N3CCN(c4ccc(F)cc4)CC3)c(=O)[nH]c2cc1C. The monoisotopic (exact) mass is 517 g/mol. The van der Waals surface area contributed by atoms with Crippen LogP contribution in [0.4, 0.5) is 10.1 Å². The number of piperazine rings is 1. The summed E-state index contributed by atoms with van der Waals surface area (Å²) in [5.41, 5.74) is 4.59. The number of fused-ring (bicyclic) bond motifs is 1. The third-order valence-corrected chi connectivity index (χ3v) is 7.86. The topological polar surface area (TPSA) is 92.2 Å². The van der Waals surface area contributed by atoms with Crippen LogP contribution in [0, 0.1) is 19.7 Å². The van der Waals surface area contributed by atoms with Crippen LogP contribution in [-0.4, -0.2) is 69.0 Å². The summed E-state index contributed by atoms with van der Waals surface area (Å²) in [6, 6.07) is 12.3. The predicted octanol–water partition coefficient (Wildman–Crippen LogP) is 3.36. The van der Waals surface area contributed by atoms with Crippen molar-refractivity contribution < 1.29 is 9.13 Å². The van der Waals surface area contributed by atoms with Crippen LogP contribution < -0.4 is 10.5 Å². The number of pyridine rings is 1. The van der Waals surface area contributed by atoms with Gasteiger partial charge < -0.3 is 14.6 Å². The van der Waals surface area contributed by atoms with Gasteiger partial charge in [-0.3, -0.25) is 9.69 Å². The molecule has 0 spiro atoms. The van der Waals surface area contributed by atoms with Crippen molar-refractivity contribution in [3.63, 3.8) is 0 Å². The van der Waals surface area contributed by atoms with E-state index in [4.69, 9.17) is 4.74 Å². The number of anilines is 1. The first kappa shape index (κ1) is 24.7. The first-order valence-electron chi connectivity index (χ1n) is 13.2. The van der Waals surface area contributed by atoms with Gasteiger partial charge >= 0.3 is 0 Å². The highest BCUT2D eigenvalue weighted by Gasteiger charge is 2.33. The van der Waals surface area contributed by atoms with Gasteiger partial charge in [-0.1, -0.05) is 0 Å². The summed E-state index contributed by atoms with van der Waals surface area (Å²) in [5, 5.41) is 13.7. The summed E-state index contributed by atoms with van der Waals surface area (Å²) in [7, 11) is 0. The zero-order valence-corrected chi connectivity index (χ0v) is 21.7. The van der Waals surface area contributed by atoms with Crippen LogP contribution in [0.2, 0.25) is 0 Å². The molecule has 0 saturated carbocycles. The average Bonchev–Trinajstić information content (AvgIpc) is 3.60. The molecule has 0 radical (unpaired) electrons. The van der Waals surface area contributed by atoms with Crippen LogP contribution in [0.15, 0.2) is 47.3 Å². The third-order valence-electron chi connectivity index (χ3n) is 7.86. The van der Waals surface area contributed by atoms with Crippen molar-refractivity contribution in [2.45, 2.75) is 45.4 Å². The number of nitrogens with one attached hydrogen (secondary N) is 1. The van der Waals surface area contributed by atoms with Crippen molar-refractivity contribution in [1.29, 1.82) is 0 Å². The molecule has 2 aliphatic rings. The van der Waals surface area contributed by atoms with Crippen molar-refractivity contribution >= 4 is 16.6 Å². The van der Waals surface area contributed by atoms with Gasteiger partial charge in [-0.15, -0.1) is 5.10 Å². The Labute approximate surface area is 220 Å². The van der Waals surface area contributed by atoms with E-state index >= 15 is 0 Å². The highest BCUT2D eigenvalue weighted by molar-refractivity contribution is 5.81. The zero-order valence-electron chi connectivity index (χ0n) is 21.7. The summed E-state index contributed by atoms with van der Waals surface area (Å²) in [6.45, 7) is 8.28. The van der Waals surface area contributed by atoms with Crippen LogP contribution in [0.3, 0.4) is 0 Å². The average molecular weight is 518 g/mol. The van der Waals surface area contributed by atoms with Crippen LogP contribution in [0.5, 0.6) is 0 Å². The number of tetrazole rings is 1. The Kier molecular flexibility index (Phi) is 6.67. The Morgan fingerprint density at radius 2 is 1.84 bits per heavy atom. The molecule has 0 amide bonds. The molecule has 10 heteroatoms. The summed E-state index contributed by atoms with van der Waals surface area (Å²) >= 11 is 0. The molecule has 0 bridgehead atoms. The number of rotatable bonds is 6. The van der Waals surface area contributed by atoms with E-state index < -0.39 is 6.04 Å². The Morgan fingerprint density at radius 3 is 2.58 bits per heavy atom. The first-order chi connectivity index (χ1) is 18.5. The standard InChI is InChI=1S/C28H32FN7O2/c1-18-14-20-16-24(28(37)30-25(20)15-19(18)2)26(27-31-32-33-36(27)17-23-4-3-13-38-23)35-11-9-34(10-12-35)22-7-5-21(29)6-8-22/h5-8,14-16,23,26H,3-4,9-13,17H2,1-2H3,(H,30,37)/t23-,26+/m1/s1. The summed E-state index contributed by atoms with van der Waals surface area (Å²) in [5.74, 6) is 0.399. The summed E-state index contributed by atoms with van der Waals surface area (Å²) in [6.07, 6.45) is 2.06. The largest absolute Gasteiger partial charge is 0.376 e. The Bertz CT molecular complexity index is 1490. The maximum atomic E-state index is 13.6. The van der Waals surface area contributed by atoms with E-state index in [0.29, 0.717) is 31.0 Å². The Morgan fingerprint density at radius 1 is 1.08 bits per heavy atom. The smallest absolute Gasteiger partial charge is 0.253 e. The van der Waals surface area contributed by atoms with E-state index in [1.54, 1.807) is 4.68 Å². The molecule has 2 fully saturated rings. The molecule has 4 aromatic rings. The normalized spacial score (nSPS) is 19.3. The molecular weight excluding hydrogens is 485 g/mol. The van der Waals surface area contributed by atoms with Gasteiger partial charge in [0.15, 0.2) is 5.82 Å². The molecule has 2 aromatic carbocycles. The Balaban J connectivity index is 1.37. The molecule has 2 aliphatic heterocycles.